The number of likely N-dealkylation sites (tertiary alicyclic amines) is 1. The number of aromatic nitrogens is 1. The Kier molecular flexibility index (Phi) is 6.99. The molecule has 2 fully saturated rings. The Balaban J connectivity index is 1.22. The summed E-state index contributed by atoms with van der Waals surface area (Å²) in [6.45, 7) is 2.42. The zero-order valence-electron chi connectivity index (χ0n) is 18.0. The minimum atomic E-state index is -0.340. The molecule has 1 atom stereocenters. The number of nitrogens with one attached hydrogen (secondary N) is 1. The number of benzene rings is 1. The summed E-state index contributed by atoms with van der Waals surface area (Å²) in [6, 6.07) is 9.13. The molecule has 4 rings (SSSR count). The number of carbonyl (C=O) groups is 2. The molecule has 2 aliphatic rings. The first-order valence-corrected chi connectivity index (χ1v) is 11.0. The van der Waals surface area contributed by atoms with Crippen molar-refractivity contribution in [1.29, 1.82) is 0 Å². The third kappa shape index (κ3) is 5.62. The van der Waals surface area contributed by atoms with Gasteiger partial charge in [0.15, 0.2) is 6.61 Å². The molecule has 0 saturated carbocycles. The lowest BCUT2D eigenvalue weighted by molar-refractivity contribution is -0.148. The molecular formula is C24H28FN3O4. The van der Waals surface area contributed by atoms with E-state index in [-0.39, 0.29) is 29.8 Å². The van der Waals surface area contributed by atoms with Crippen LogP contribution in [0, 0.1) is 11.7 Å². The van der Waals surface area contributed by atoms with E-state index in [9.17, 15) is 14.0 Å². The fourth-order valence-corrected chi connectivity index (χ4v) is 4.42. The number of ether oxygens (including phenoxy) is 2. The van der Waals surface area contributed by atoms with Crippen molar-refractivity contribution in [2.75, 3.05) is 32.8 Å². The quantitative estimate of drug-likeness (QED) is 0.746. The highest BCUT2D eigenvalue weighted by molar-refractivity contribution is 5.93. The van der Waals surface area contributed by atoms with Gasteiger partial charge in [-0.2, -0.15) is 0 Å². The van der Waals surface area contributed by atoms with Gasteiger partial charge in [0, 0.05) is 38.6 Å². The van der Waals surface area contributed by atoms with Gasteiger partial charge in [-0.15, -0.1) is 0 Å². The third-order valence-electron chi connectivity index (χ3n) is 6.27. The normalized spacial score (nSPS) is 20.0. The lowest BCUT2D eigenvalue weighted by Crippen LogP contribution is -2.52. The minimum absolute atomic E-state index is 0.0670. The first-order valence-electron chi connectivity index (χ1n) is 11.0. The molecule has 0 bridgehead atoms. The van der Waals surface area contributed by atoms with E-state index in [1.807, 2.05) is 0 Å². The summed E-state index contributed by atoms with van der Waals surface area (Å²) in [7, 11) is 0. The van der Waals surface area contributed by atoms with Crippen molar-refractivity contribution in [3.8, 4) is 5.75 Å². The van der Waals surface area contributed by atoms with Crippen LogP contribution < -0.4 is 10.1 Å². The first-order chi connectivity index (χ1) is 15.5. The fraction of sp³-hybridized carbons (Fsp3) is 0.458. The van der Waals surface area contributed by atoms with Crippen molar-refractivity contribution in [3.63, 3.8) is 0 Å². The zero-order chi connectivity index (χ0) is 22.4. The first kappa shape index (κ1) is 22.2. The fourth-order valence-electron chi connectivity index (χ4n) is 4.42. The standard InChI is InChI=1S/C24H28FN3O4/c25-20-3-5-21(6-4-20)31-17-22(29)28-11-8-24(9-12-28)14-18(7-13-32-24)15-27-23(30)19-2-1-10-26-16-19/h1-6,10,16,18H,7-9,11-15,17H2,(H,27,30). The molecule has 1 spiro atoms. The lowest BCUT2D eigenvalue weighted by Gasteiger charge is -2.46. The number of pyridine rings is 1. The Hall–Kier alpha value is -3.00. The highest BCUT2D eigenvalue weighted by Gasteiger charge is 2.41. The van der Waals surface area contributed by atoms with Crippen LogP contribution >= 0.6 is 0 Å². The predicted molar refractivity (Wildman–Crippen MR) is 116 cm³/mol. The van der Waals surface area contributed by atoms with Crippen molar-refractivity contribution in [2.24, 2.45) is 5.92 Å². The highest BCUT2D eigenvalue weighted by atomic mass is 19.1. The number of rotatable bonds is 6. The topological polar surface area (TPSA) is 80.8 Å². The van der Waals surface area contributed by atoms with Crippen LogP contribution in [0.3, 0.4) is 0 Å². The Morgan fingerprint density at radius 1 is 1.22 bits per heavy atom. The molecule has 32 heavy (non-hydrogen) atoms. The van der Waals surface area contributed by atoms with Gasteiger partial charge in [-0.3, -0.25) is 14.6 Å². The van der Waals surface area contributed by atoms with Crippen molar-refractivity contribution < 1.29 is 23.5 Å². The van der Waals surface area contributed by atoms with Crippen LogP contribution in [0.4, 0.5) is 4.39 Å². The summed E-state index contributed by atoms with van der Waals surface area (Å²) in [5.74, 6) is 0.279. The molecule has 1 aromatic heterocycles. The number of piperidine rings is 1. The molecule has 170 valence electrons. The van der Waals surface area contributed by atoms with Gasteiger partial charge < -0.3 is 19.7 Å². The zero-order valence-corrected chi connectivity index (χ0v) is 18.0. The molecule has 2 saturated heterocycles. The van der Waals surface area contributed by atoms with Gasteiger partial charge in [0.05, 0.1) is 11.2 Å². The van der Waals surface area contributed by atoms with E-state index < -0.39 is 0 Å². The van der Waals surface area contributed by atoms with Gasteiger partial charge in [0.2, 0.25) is 0 Å². The monoisotopic (exact) mass is 441 g/mol. The maximum absolute atomic E-state index is 13.0. The van der Waals surface area contributed by atoms with Crippen LogP contribution in [0.5, 0.6) is 5.75 Å². The van der Waals surface area contributed by atoms with E-state index in [0.29, 0.717) is 43.5 Å². The van der Waals surface area contributed by atoms with Crippen LogP contribution in [-0.4, -0.2) is 60.1 Å². The number of nitrogens with zero attached hydrogens (tertiary/aromatic N) is 2. The molecule has 2 aromatic rings. The van der Waals surface area contributed by atoms with E-state index in [4.69, 9.17) is 9.47 Å². The largest absolute Gasteiger partial charge is 0.484 e. The van der Waals surface area contributed by atoms with Gasteiger partial charge in [-0.25, -0.2) is 4.39 Å². The molecule has 2 aliphatic heterocycles. The van der Waals surface area contributed by atoms with Crippen molar-refractivity contribution >= 4 is 11.8 Å². The van der Waals surface area contributed by atoms with Gasteiger partial charge in [-0.05, 0) is 68.0 Å². The molecule has 2 amide bonds. The Labute approximate surface area is 186 Å². The molecule has 0 aliphatic carbocycles. The molecule has 8 heteroatoms. The number of hydrogen-bond donors (Lipinski definition) is 1. The van der Waals surface area contributed by atoms with Crippen LogP contribution in [0.1, 0.15) is 36.0 Å². The third-order valence-corrected chi connectivity index (χ3v) is 6.27. The van der Waals surface area contributed by atoms with Gasteiger partial charge in [0.25, 0.3) is 11.8 Å². The molecule has 7 nitrogen and oxygen atoms in total. The molecule has 3 heterocycles. The number of amides is 2. The number of halogens is 1. The van der Waals surface area contributed by atoms with E-state index in [1.54, 1.807) is 29.4 Å². The Morgan fingerprint density at radius 2 is 2.00 bits per heavy atom. The molecule has 1 N–H and O–H groups in total. The average molecular weight is 442 g/mol. The Bertz CT molecular complexity index is 915. The minimum Gasteiger partial charge on any atom is -0.484 e. The molecular weight excluding hydrogens is 413 g/mol. The van der Waals surface area contributed by atoms with Gasteiger partial charge in [0.1, 0.15) is 11.6 Å². The SMILES string of the molecule is O=C(NCC1CCOC2(CCN(C(=O)COc3ccc(F)cc3)CC2)C1)c1cccnc1. The van der Waals surface area contributed by atoms with E-state index in [2.05, 4.69) is 10.3 Å². The van der Waals surface area contributed by atoms with Crippen molar-refractivity contribution in [2.45, 2.75) is 31.3 Å². The van der Waals surface area contributed by atoms with E-state index >= 15 is 0 Å². The Morgan fingerprint density at radius 3 is 2.72 bits per heavy atom. The molecule has 0 radical (unpaired) electrons. The van der Waals surface area contributed by atoms with Crippen molar-refractivity contribution in [3.05, 3.63) is 60.2 Å². The summed E-state index contributed by atoms with van der Waals surface area (Å²) in [5.41, 5.74) is 0.320. The second-order valence-electron chi connectivity index (χ2n) is 8.47. The predicted octanol–water partition coefficient (Wildman–Crippen LogP) is 2.82. The van der Waals surface area contributed by atoms with Gasteiger partial charge >= 0.3 is 0 Å². The van der Waals surface area contributed by atoms with E-state index in [0.717, 1.165) is 25.7 Å². The maximum Gasteiger partial charge on any atom is 0.260 e. The molecule has 1 unspecified atom stereocenters. The number of carbonyl (C=O) groups excluding carboxylic acids is 2. The number of hydrogen-bond acceptors (Lipinski definition) is 5. The maximum atomic E-state index is 13.0. The van der Waals surface area contributed by atoms with Crippen LogP contribution in [-0.2, 0) is 9.53 Å². The summed E-state index contributed by atoms with van der Waals surface area (Å²) in [5, 5.41) is 3.01. The van der Waals surface area contributed by atoms with Crippen LogP contribution in [0.2, 0.25) is 0 Å². The second kappa shape index (κ2) is 10.1. The van der Waals surface area contributed by atoms with Crippen molar-refractivity contribution in [1.82, 2.24) is 15.2 Å². The highest BCUT2D eigenvalue weighted by Crippen LogP contribution is 2.37. The summed E-state index contributed by atoms with van der Waals surface area (Å²) >= 11 is 0. The average Bonchev–Trinajstić information content (AvgIpc) is 2.83. The summed E-state index contributed by atoms with van der Waals surface area (Å²) in [6.07, 6.45) is 6.51. The van der Waals surface area contributed by atoms with Crippen LogP contribution in [0.25, 0.3) is 0 Å². The smallest absolute Gasteiger partial charge is 0.260 e. The summed E-state index contributed by atoms with van der Waals surface area (Å²) in [4.78, 5) is 30.6. The van der Waals surface area contributed by atoms with E-state index in [1.165, 1.54) is 24.3 Å². The summed E-state index contributed by atoms with van der Waals surface area (Å²) < 4.78 is 24.6. The van der Waals surface area contributed by atoms with Gasteiger partial charge in [-0.1, -0.05) is 0 Å². The lowest BCUT2D eigenvalue weighted by atomic mass is 9.79. The van der Waals surface area contributed by atoms with Crippen LogP contribution in [0.15, 0.2) is 48.8 Å². The molecule has 1 aromatic carbocycles. The second-order valence-corrected chi connectivity index (χ2v) is 8.47.